The molecule has 24 heavy (non-hydrogen) atoms. The number of amides is 2. The Morgan fingerprint density at radius 1 is 1.33 bits per heavy atom. The highest BCUT2D eigenvalue weighted by molar-refractivity contribution is 7.91. The molecule has 3 N–H and O–H groups in total. The van der Waals surface area contributed by atoms with Crippen LogP contribution in [0.15, 0.2) is 4.99 Å². The van der Waals surface area contributed by atoms with Gasteiger partial charge in [0.2, 0.25) is 0 Å². The van der Waals surface area contributed by atoms with Crippen molar-refractivity contribution in [3.63, 3.8) is 0 Å². The molecule has 2 heterocycles. The van der Waals surface area contributed by atoms with E-state index in [1.165, 1.54) is 0 Å². The molecule has 2 fully saturated rings. The maximum absolute atomic E-state index is 11.6. The number of carbonyl (C=O) groups is 1. The molecule has 2 unspecified atom stereocenters. The Hall–Kier alpha value is -1.51. The summed E-state index contributed by atoms with van der Waals surface area (Å²) in [5.74, 6) is 1.44. The fourth-order valence-electron chi connectivity index (χ4n) is 3.05. The first-order valence-corrected chi connectivity index (χ1v) is 10.4. The minimum atomic E-state index is -2.87. The number of hydrogen-bond donors (Lipinski definition) is 3. The van der Waals surface area contributed by atoms with Gasteiger partial charge in [0, 0.05) is 38.8 Å². The van der Waals surface area contributed by atoms with Crippen LogP contribution in [-0.4, -0.2) is 75.6 Å². The van der Waals surface area contributed by atoms with Gasteiger partial charge >= 0.3 is 6.03 Å². The summed E-state index contributed by atoms with van der Waals surface area (Å²) in [6, 6.07) is 0.159. The van der Waals surface area contributed by atoms with Gasteiger partial charge in [0.15, 0.2) is 15.8 Å². The average Bonchev–Trinajstić information content (AvgIpc) is 3.09. The molecule has 0 aromatic carbocycles. The second-order valence-corrected chi connectivity index (χ2v) is 9.12. The third-order valence-corrected chi connectivity index (χ3v) is 6.13. The van der Waals surface area contributed by atoms with E-state index in [-0.39, 0.29) is 35.5 Å². The Morgan fingerprint density at radius 2 is 2.08 bits per heavy atom. The number of nitrogens with zero attached hydrogens (tertiary/aromatic N) is 2. The van der Waals surface area contributed by atoms with Crippen LogP contribution in [0, 0.1) is 5.92 Å². The summed E-state index contributed by atoms with van der Waals surface area (Å²) in [6.07, 6.45) is 1.56. The first kappa shape index (κ1) is 18.8. The van der Waals surface area contributed by atoms with Crippen LogP contribution in [0.3, 0.4) is 0 Å². The minimum absolute atomic E-state index is 0.0935. The fraction of sp³-hybridized carbons (Fsp3) is 0.867. The number of hydrogen-bond acceptors (Lipinski definition) is 4. The van der Waals surface area contributed by atoms with Crippen LogP contribution in [0.4, 0.5) is 4.79 Å². The van der Waals surface area contributed by atoms with E-state index in [2.05, 4.69) is 25.8 Å². The highest BCUT2D eigenvalue weighted by Crippen LogP contribution is 2.19. The SMILES string of the molecule is CNC(=O)NC1CCN(C(=NCC2CCS(=O)(=O)C2)NC(C)C)C1. The van der Waals surface area contributed by atoms with E-state index >= 15 is 0 Å². The lowest BCUT2D eigenvalue weighted by Crippen LogP contribution is -2.46. The molecule has 9 heteroatoms. The normalized spacial score (nSPS) is 26.7. The standard InChI is InChI=1S/C15H29N5O3S/c1-11(2)18-14(17-8-12-5-7-24(22,23)10-12)20-6-4-13(9-20)19-15(21)16-3/h11-13H,4-10H2,1-3H3,(H,17,18)(H2,16,19,21). The summed E-state index contributed by atoms with van der Waals surface area (Å²) in [7, 11) is -1.27. The van der Waals surface area contributed by atoms with Gasteiger partial charge in [-0.2, -0.15) is 0 Å². The van der Waals surface area contributed by atoms with Crippen molar-refractivity contribution in [3.8, 4) is 0 Å². The van der Waals surface area contributed by atoms with Crippen molar-refractivity contribution < 1.29 is 13.2 Å². The molecule has 0 saturated carbocycles. The monoisotopic (exact) mass is 359 g/mol. The van der Waals surface area contributed by atoms with Gasteiger partial charge in [0.05, 0.1) is 11.5 Å². The van der Waals surface area contributed by atoms with Crippen molar-refractivity contribution in [1.29, 1.82) is 0 Å². The van der Waals surface area contributed by atoms with E-state index in [4.69, 9.17) is 0 Å². The highest BCUT2D eigenvalue weighted by Gasteiger charge is 2.29. The van der Waals surface area contributed by atoms with Crippen molar-refractivity contribution in [2.24, 2.45) is 10.9 Å². The van der Waals surface area contributed by atoms with Gasteiger partial charge in [-0.15, -0.1) is 0 Å². The molecule has 0 spiro atoms. The zero-order valence-electron chi connectivity index (χ0n) is 14.7. The molecular weight excluding hydrogens is 330 g/mol. The minimum Gasteiger partial charge on any atom is -0.354 e. The molecule has 8 nitrogen and oxygen atoms in total. The van der Waals surface area contributed by atoms with Crippen LogP contribution in [-0.2, 0) is 9.84 Å². The summed E-state index contributed by atoms with van der Waals surface area (Å²) in [6.45, 7) is 6.14. The third kappa shape index (κ3) is 5.54. The molecule has 0 bridgehead atoms. The molecule has 2 aliphatic heterocycles. The molecule has 2 atom stereocenters. The van der Waals surface area contributed by atoms with Crippen molar-refractivity contribution in [1.82, 2.24) is 20.9 Å². The van der Waals surface area contributed by atoms with E-state index in [0.29, 0.717) is 19.5 Å². The molecule has 138 valence electrons. The van der Waals surface area contributed by atoms with E-state index in [0.717, 1.165) is 18.9 Å². The second-order valence-electron chi connectivity index (χ2n) is 6.89. The van der Waals surface area contributed by atoms with Gasteiger partial charge in [-0.3, -0.25) is 4.99 Å². The number of nitrogens with one attached hydrogen (secondary N) is 3. The Labute approximate surface area is 144 Å². The molecule has 0 radical (unpaired) electrons. The predicted octanol–water partition coefficient (Wildman–Crippen LogP) is -0.222. The van der Waals surface area contributed by atoms with Crippen LogP contribution < -0.4 is 16.0 Å². The summed E-state index contributed by atoms with van der Waals surface area (Å²) < 4.78 is 23.1. The van der Waals surface area contributed by atoms with Gasteiger partial charge in [-0.25, -0.2) is 13.2 Å². The summed E-state index contributed by atoms with van der Waals surface area (Å²) in [5, 5.41) is 8.84. The molecule has 0 aliphatic carbocycles. The maximum Gasteiger partial charge on any atom is 0.314 e. The molecule has 2 aliphatic rings. The second kappa shape index (κ2) is 8.04. The number of sulfone groups is 1. The van der Waals surface area contributed by atoms with Gasteiger partial charge in [0.1, 0.15) is 0 Å². The Balaban J connectivity index is 1.95. The van der Waals surface area contributed by atoms with E-state index < -0.39 is 9.84 Å². The summed E-state index contributed by atoms with van der Waals surface area (Å²) >= 11 is 0. The van der Waals surface area contributed by atoms with E-state index in [9.17, 15) is 13.2 Å². The lowest BCUT2D eigenvalue weighted by Gasteiger charge is -2.24. The molecule has 2 saturated heterocycles. The summed E-state index contributed by atoms with van der Waals surface area (Å²) in [5.41, 5.74) is 0. The Kier molecular flexibility index (Phi) is 6.31. The van der Waals surface area contributed by atoms with Crippen LogP contribution in [0.5, 0.6) is 0 Å². The average molecular weight is 359 g/mol. The third-order valence-electron chi connectivity index (χ3n) is 4.29. The quantitative estimate of drug-likeness (QED) is 0.476. The van der Waals surface area contributed by atoms with Gasteiger partial charge in [0.25, 0.3) is 0 Å². The Bertz CT molecular complexity index is 576. The first-order chi connectivity index (χ1) is 11.3. The van der Waals surface area contributed by atoms with Crippen LogP contribution >= 0.6 is 0 Å². The molecule has 0 aromatic rings. The first-order valence-electron chi connectivity index (χ1n) is 8.53. The van der Waals surface area contributed by atoms with Gasteiger partial charge in [-0.05, 0) is 32.6 Å². The van der Waals surface area contributed by atoms with Crippen LogP contribution in [0.2, 0.25) is 0 Å². The smallest absolute Gasteiger partial charge is 0.314 e. The number of carbonyl (C=O) groups excluding carboxylic acids is 1. The van der Waals surface area contributed by atoms with Crippen LogP contribution in [0.25, 0.3) is 0 Å². The fourth-order valence-corrected chi connectivity index (χ4v) is 4.90. The number of urea groups is 1. The van der Waals surface area contributed by atoms with Crippen molar-refractivity contribution in [2.75, 3.05) is 38.2 Å². The highest BCUT2D eigenvalue weighted by atomic mass is 32.2. The van der Waals surface area contributed by atoms with Crippen LogP contribution in [0.1, 0.15) is 26.7 Å². The van der Waals surface area contributed by atoms with Gasteiger partial charge < -0.3 is 20.9 Å². The molecule has 2 amide bonds. The van der Waals surface area contributed by atoms with Gasteiger partial charge in [-0.1, -0.05) is 0 Å². The summed E-state index contributed by atoms with van der Waals surface area (Å²) in [4.78, 5) is 18.2. The Morgan fingerprint density at radius 3 is 2.67 bits per heavy atom. The molecule has 2 rings (SSSR count). The molecular formula is C15H29N5O3S. The zero-order valence-corrected chi connectivity index (χ0v) is 15.5. The number of likely N-dealkylation sites (tertiary alicyclic amines) is 1. The molecule has 0 aromatic heterocycles. The number of guanidine groups is 1. The van der Waals surface area contributed by atoms with Crippen molar-refractivity contribution in [2.45, 2.75) is 38.8 Å². The number of aliphatic imine (C=N–C) groups is 1. The predicted molar refractivity (Wildman–Crippen MR) is 94.9 cm³/mol. The lowest BCUT2D eigenvalue weighted by atomic mass is 10.1. The topological polar surface area (TPSA) is 103 Å². The largest absolute Gasteiger partial charge is 0.354 e. The maximum atomic E-state index is 11.6. The lowest BCUT2D eigenvalue weighted by molar-refractivity contribution is 0.239. The van der Waals surface area contributed by atoms with E-state index in [1.54, 1.807) is 7.05 Å². The number of rotatable bonds is 4. The van der Waals surface area contributed by atoms with E-state index in [1.807, 2.05) is 13.8 Å². The zero-order chi connectivity index (χ0) is 17.7. The van der Waals surface area contributed by atoms with Crippen molar-refractivity contribution in [3.05, 3.63) is 0 Å². The van der Waals surface area contributed by atoms with Crippen molar-refractivity contribution >= 4 is 21.8 Å².